The van der Waals surface area contributed by atoms with Gasteiger partial charge in [0, 0.05) is 37.9 Å². The Morgan fingerprint density at radius 2 is 1.86 bits per heavy atom. The zero-order chi connectivity index (χ0) is 19.8. The quantitative estimate of drug-likeness (QED) is 0.708. The van der Waals surface area contributed by atoms with Crippen molar-refractivity contribution in [3.05, 3.63) is 47.8 Å². The number of urea groups is 1. The van der Waals surface area contributed by atoms with Crippen LogP contribution >= 0.6 is 11.3 Å². The van der Waals surface area contributed by atoms with Gasteiger partial charge in [0.15, 0.2) is 11.0 Å². The van der Waals surface area contributed by atoms with Gasteiger partial charge in [-0.05, 0) is 25.5 Å². The molecule has 0 radical (unpaired) electrons. The molecule has 8 heteroatoms. The molecule has 1 fully saturated rings. The molecule has 0 bridgehead atoms. The number of carbonyl (C=O) groups excluding carboxylic acids is 1. The molecule has 0 saturated carbocycles. The maximum atomic E-state index is 12.6. The zero-order valence-corrected chi connectivity index (χ0v) is 17.1. The molecular formula is C21H22N6OS. The number of aromatic nitrogens is 3. The van der Waals surface area contributed by atoms with Gasteiger partial charge in [0.25, 0.3) is 0 Å². The lowest BCUT2D eigenvalue weighted by Gasteiger charge is -2.32. The summed E-state index contributed by atoms with van der Waals surface area (Å²) >= 11 is 1.50. The van der Waals surface area contributed by atoms with E-state index in [1.54, 1.807) is 0 Å². The molecule has 7 nitrogen and oxygen atoms in total. The molecule has 1 aliphatic carbocycles. The predicted molar refractivity (Wildman–Crippen MR) is 114 cm³/mol. The molecule has 2 aromatic heterocycles. The smallest absolute Gasteiger partial charge is 0.322 e. The highest BCUT2D eigenvalue weighted by Crippen LogP contribution is 2.39. The Morgan fingerprint density at radius 3 is 2.66 bits per heavy atom. The van der Waals surface area contributed by atoms with Gasteiger partial charge in [-0.25, -0.2) is 19.7 Å². The van der Waals surface area contributed by atoms with Crippen molar-refractivity contribution in [2.45, 2.75) is 12.8 Å². The first-order valence-electron chi connectivity index (χ1n) is 9.83. The summed E-state index contributed by atoms with van der Waals surface area (Å²) in [5.74, 6) is 0.716. The lowest BCUT2D eigenvalue weighted by atomic mass is 9.99. The number of thiazole rings is 1. The van der Waals surface area contributed by atoms with Gasteiger partial charge in [-0.15, -0.1) is 0 Å². The molecule has 2 amide bonds. The average molecular weight is 407 g/mol. The Hall–Kier alpha value is -2.84. The summed E-state index contributed by atoms with van der Waals surface area (Å²) in [5, 5.41) is 3.64. The van der Waals surface area contributed by atoms with Crippen LogP contribution in [0.3, 0.4) is 0 Å². The second-order valence-electron chi connectivity index (χ2n) is 7.45. The number of rotatable bonds is 2. The van der Waals surface area contributed by atoms with E-state index in [0.717, 1.165) is 66.4 Å². The Balaban J connectivity index is 1.40. The van der Waals surface area contributed by atoms with Crippen LogP contribution in [0.2, 0.25) is 0 Å². The van der Waals surface area contributed by atoms with E-state index in [0.29, 0.717) is 11.0 Å². The SMILES string of the molecule is CN1CCN(C(=O)Nc2nc3c(s2)-c2nc(-c4ccccc4)ncc2CC3)CC1. The van der Waals surface area contributed by atoms with Gasteiger partial charge in [-0.1, -0.05) is 41.7 Å². The number of aryl methyl sites for hydroxylation is 2. The number of nitrogens with zero attached hydrogens (tertiary/aromatic N) is 5. The van der Waals surface area contributed by atoms with Gasteiger partial charge in [-0.3, -0.25) is 5.32 Å². The fraction of sp³-hybridized carbons (Fsp3) is 0.333. The number of piperazine rings is 1. The molecule has 3 heterocycles. The molecule has 0 atom stereocenters. The number of hydrogen-bond acceptors (Lipinski definition) is 6. The van der Waals surface area contributed by atoms with Crippen molar-refractivity contribution in [2.24, 2.45) is 0 Å². The van der Waals surface area contributed by atoms with Gasteiger partial charge in [-0.2, -0.15) is 0 Å². The van der Waals surface area contributed by atoms with Crippen molar-refractivity contribution in [1.82, 2.24) is 24.8 Å². The van der Waals surface area contributed by atoms with Crippen LogP contribution in [0.5, 0.6) is 0 Å². The van der Waals surface area contributed by atoms with E-state index in [1.807, 2.05) is 41.4 Å². The van der Waals surface area contributed by atoms with Crippen molar-refractivity contribution in [2.75, 3.05) is 38.5 Å². The topological polar surface area (TPSA) is 74.2 Å². The lowest BCUT2D eigenvalue weighted by Crippen LogP contribution is -2.48. The monoisotopic (exact) mass is 406 g/mol. The molecule has 29 heavy (non-hydrogen) atoms. The van der Waals surface area contributed by atoms with Gasteiger partial charge in [0.2, 0.25) is 0 Å². The second-order valence-corrected chi connectivity index (χ2v) is 8.45. The van der Waals surface area contributed by atoms with E-state index in [1.165, 1.54) is 11.3 Å². The fourth-order valence-electron chi connectivity index (χ4n) is 3.71. The first kappa shape index (κ1) is 18.2. The van der Waals surface area contributed by atoms with Gasteiger partial charge < -0.3 is 9.80 Å². The van der Waals surface area contributed by atoms with Crippen molar-refractivity contribution in [1.29, 1.82) is 0 Å². The minimum absolute atomic E-state index is 0.0721. The highest BCUT2D eigenvalue weighted by molar-refractivity contribution is 7.19. The molecular weight excluding hydrogens is 384 g/mol. The standard InChI is InChI=1S/C21H22N6OS/c1-26-9-11-27(12-10-26)21(28)25-20-23-16-8-7-15-13-22-19(14-5-3-2-4-6-14)24-17(15)18(16)29-20/h2-6,13H,7-12H2,1H3,(H,23,25,28). The summed E-state index contributed by atoms with van der Waals surface area (Å²) in [5.41, 5.74) is 4.08. The number of likely N-dealkylation sites (N-methyl/N-ethyl adjacent to an activating group) is 1. The Bertz CT molecular complexity index is 1040. The number of fused-ring (bicyclic) bond motifs is 3. The number of nitrogens with one attached hydrogen (secondary N) is 1. The van der Waals surface area contributed by atoms with E-state index in [-0.39, 0.29) is 6.03 Å². The third-order valence-corrected chi connectivity index (χ3v) is 6.46. The normalized spacial score (nSPS) is 16.2. The maximum Gasteiger partial charge on any atom is 0.323 e. The second kappa shape index (κ2) is 7.53. The van der Waals surface area contributed by atoms with Crippen LogP contribution in [0.25, 0.3) is 22.0 Å². The first-order valence-corrected chi connectivity index (χ1v) is 10.6. The number of amides is 2. The summed E-state index contributed by atoms with van der Waals surface area (Å²) < 4.78 is 0. The molecule has 5 rings (SSSR count). The zero-order valence-electron chi connectivity index (χ0n) is 16.3. The third-order valence-electron chi connectivity index (χ3n) is 5.44. The number of benzene rings is 1. The van der Waals surface area contributed by atoms with Crippen molar-refractivity contribution in [3.63, 3.8) is 0 Å². The highest BCUT2D eigenvalue weighted by Gasteiger charge is 2.25. The van der Waals surface area contributed by atoms with E-state index in [9.17, 15) is 4.79 Å². The summed E-state index contributed by atoms with van der Waals surface area (Å²) in [4.78, 5) is 31.8. The van der Waals surface area contributed by atoms with Gasteiger partial charge in [0.05, 0.1) is 16.3 Å². The summed E-state index contributed by atoms with van der Waals surface area (Å²) in [7, 11) is 2.08. The van der Waals surface area contributed by atoms with E-state index >= 15 is 0 Å². The molecule has 148 valence electrons. The maximum absolute atomic E-state index is 12.6. The molecule has 1 aromatic carbocycles. The lowest BCUT2D eigenvalue weighted by molar-refractivity contribution is 0.164. The number of carbonyl (C=O) groups is 1. The summed E-state index contributed by atoms with van der Waals surface area (Å²) in [6.45, 7) is 3.27. The molecule has 3 aromatic rings. The molecule has 1 N–H and O–H groups in total. The van der Waals surface area contributed by atoms with Crippen LogP contribution < -0.4 is 5.32 Å². The van der Waals surface area contributed by atoms with Crippen LogP contribution in [-0.2, 0) is 12.8 Å². The summed E-state index contributed by atoms with van der Waals surface area (Å²) in [6.07, 6.45) is 3.64. The Labute approximate surface area is 173 Å². The van der Waals surface area contributed by atoms with Crippen LogP contribution in [0.1, 0.15) is 11.3 Å². The van der Waals surface area contributed by atoms with Crippen molar-refractivity contribution in [3.8, 4) is 22.0 Å². The van der Waals surface area contributed by atoms with E-state index in [4.69, 9.17) is 9.97 Å². The Morgan fingerprint density at radius 1 is 1.07 bits per heavy atom. The number of anilines is 1. The van der Waals surface area contributed by atoms with E-state index in [2.05, 4.69) is 22.2 Å². The molecule has 1 aliphatic heterocycles. The first-order chi connectivity index (χ1) is 14.2. The highest BCUT2D eigenvalue weighted by atomic mass is 32.1. The van der Waals surface area contributed by atoms with Crippen molar-refractivity contribution < 1.29 is 4.79 Å². The average Bonchev–Trinajstić information content (AvgIpc) is 3.17. The predicted octanol–water partition coefficient (Wildman–Crippen LogP) is 3.15. The van der Waals surface area contributed by atoms with Crippen molar-refractivity contribution >= 4 is 22.5 Å². The Kier molecular flexibility index (Phi) is 4.73. The van der Waals surface area contributed by atoms with Gasteiger partial charge >= 0.3 is 6.03 Å². The van der Waals surface area contributed by atoms with Gasteiger partial charge in [0.1, 0.15) is 0 Å². The van der Waals surface area contributed by atoms with Crippen LogP contribution in [-0.4, -0.2) is 64.0 Å². The third kappa shape index (κ3) is 3.61. The van der Waals surface area contributed by atoms with E-state index < -0.39 is 0 Å². The largest absolute Gasteiger partial charge is 0.323 e. The molecule has 2 aliphatic rings. The number of hydrogen-bond donors (Lipinski definition) is 1. The van der Waals surface area contributed by atoms with Crippen LogP contribution in [0.15, 0.2) is 36.5 Å². The molecule has 0 unspecified atom stereocenters. The molecule has 1 saturated heterocycles. The fourth-order valence-corrected chi connectivity index (χ4v) is 4.73. The molecule has 0 spiro atoms. The van der Waals surface area contributed by atoms with Crippen LogP contribution in [0, 0.1) is 0 Å². The minimum atomic E-state index is -0.0721. The summed E-state index contributed by atoms with van der Waals surface area (Å²) in [6, 6.07) is 9.92. The minimum Gasteiger partial charge on any atom is -0.322 e. The van der Waals surface area contributed by atoms with Crippen LogP contribution in [0.4, 0.5) is 9.93 Å².